The fraction of sp³-hybridized carbons (Fsp3) is 0.462. The van der Waals surface area contributed by atoms with Crippen molar-refractivity contribution < 1.29 is 23.9 Å². The third-order valence-corrected chi connectivity index (χ3v) is 2.73. The van der Waals surface area contributed by atoms with E-state index in [2.05, 4.69) is 10.3 Å². The molecule has 0 unspecified atom stereocenters. The zero-order chi connectivity index (χ0) is 15.2. The first-order chi connectivity index (χ1) is 9.55. The lowest BCUT2D eigenvalue weighted by molar-refractivity contribution is -0.168. The number of ether oxygens (including phenoxy) is 2. The average Bonchev–Trinajstić information content (AvgIpc) is 2.94. The highest BCUT2D eigenvalue weighted by atomic mass is 16.6. The molecule has 1 rings (SSSR count). The van der Waals surface area contributed by atoms with E-state index in [0.29, 0.717) is 0 Å². The van der Waals surface area contributed by atoms with Crippen molar-refractivity contribution in [2.24, 2.45) is 0 Å². The number of esters is 2. The summed E-state index contributed by atoms with van der Waals surface area (Å²) >= 11 is 0. The Balaban J connectivity index is 3.44. The summed E-state index contributed by atoms with van der Waals surface area (Å²) in [7, 11) is 1.33. The van der Waals surface area contributed by atoms with Gasteiger partial charge in [0.1, 0.15) is 0 Å². The van der Waals surface area contributed by atoms with Gasteiger partial charge in [-0.15, -0.1) is 0 Å². The van der Waals surface area contributed by atoms with E-state index in [1.54, 1.807) is 19.9 Å². The molecule has 1 heterocycles. The lowest BCUT2D eigenvalue weighted by Crippen LogP contribution is -2.56. The molecular formula is C13H18N2O5. The summed E-state index contributed by atoms with van der Waals surface area (Å²) in [4.78, 5) is 39.5. The third-order valence-electron chi connectivity index (χ3n) is 2.73. The van der Waals surface area contributed by atoms with Gasteiger partial charge >= 0.3 is 11.9 Å². The van der Waals surface area contributed by atoms with Crippen molar-refractivity contribution >= 4 is 17.8 Å². The minimum atomic E-state index is -2.18. The molecule has 0 atom stereocenters. The molecule has 0 saturated heterocycles. The number of aromatic amines is 1. The number of likely N-dealkylation sites (N-methyl/N-ethyl adjacent to an activating group) is 1. The Morgan fingerprint density at radius 1 is 1.20 bits per heavy atom. The summed E-state index contributed by atoms with van der Waals surface area (Å²) in [5.41, 5.74) is -2.07. The Labute approximate surface area is 116 Å². The Kier molecular flexibility index (Phi) is 5.31. The Hall–Kier alpha value is -2.31. The number of carbonyl (C=O) groups excluding carboxylic acids is 3. The van der Waals surface area contributed by atoms with Gasteiger partial charge in [0.05, 0.1) is 18.9 Å². The highest BCUT2D eigenvalue weighted by Gasteiger charge is 2.58. The fourth-order valence-electron chi connectivity index (χ4n) is 1.84. The lowest BCUT2D eigenvalue weighted by Gasteiger charge is -2.26. The molecule has 0 saturated carbocycles. The number of hydrogen-bond acceptors (Lipinski definition) is 5. The lowest BCUT2D eigenvalue weighted by atomic mass is 9.83. The van der Waals surface area contributed by atoms with Gasteiger partial charge in [0.2, 0.25) is 0 Å². The first-order valence-electron chi connectivity index (χ1n) is 6.26. The van der Waals surface area contributed by atoms with Gasteiger partial charge in [-0.05, 0) is 26.0 Å². The summed E-state index contributed by atoms with van der Waals surface area (Å²) < 4.78 is 9.80. The van der Waals surface area contributed by atoms with E-state index in [9.17, 15) is 14.4 Å². The molecule has 20 heavy (non-hydrogen) atoms. The Morgan fingerprint density at radius 2 is 1.75 bits per heavy atom. The number of rotatable bonds is 6. The molecular weight excluding hydrogens is 264 g/mol. The molecule has 0 bridgehead atoms. The predicted molar refractivity (Wildman–Crippen MR) is 69.8 cm³/mol. The maximum Gasteiger partial charge on any atom is 0.339 e. The highest BCUT2D eigenvalue weighted by Crippen LogP contribution is 2.27. The van der Waals surface area contributed by atoms with Crippen LogP contribution in [0, 0.1) is 0 Å². The van der Waals surface area contributed by atoms with Crippen LogP contribution in [0.15, 0.2) is 18.3 Å². The van der Waals surface area contributed by atoms with E-state index in [-0.39, 0.29) is 18.9 Å². The van der Waals surface area contributed by atoms with Gasteiger partial charge in [0, 0.05) is 13.2 Å². The van der Waals surface area contributed by atoms with Crippen LogP contribution < -0.4 is 5.32 Å². The van der Waals surface area contributed by atoms with Crippen LogP contribution >= 0.6 is 0 Å². The molecule has 0 aromatic carbocycles. The summed E-state index contributed by atoms with van der Waals surface area (Å²) in [5.74, 6) is -2.75. The molecule has 110 valence electrons. The van der Waals surface area contributed by atoms with Gasteiger partial charge in [-0.25, -0.2) is 9.59 Å². The van der Waals surface area contributed by atoms with Gasteiger partial charge < -0.3 is 19.8 Å². The van der Waals surface area contributed by atoms with Crippen LogP contribution in [0.5, 0.6) is 0 Å². The minimum Gasteiger partial charge on any atom is -0.464 e. The molecule has 1 aromatic rings. The summed E-state index contributed by atoms with van der Waals surface area (Å²) in [6, 6.07) is 3.04. The van der Waals surface area contributed by atoms with E-state index in [1.165, 1.54) is 19.3 Å². The Morgan fingerprint density at radius 3 is 2.10 bits per heavy atom. The largest absolute Gasteiger partial charge is 0.464 e. The fourth-order valence-corrected chi connectivity index (χ4v) is 1.84. The summed E-state index contributed by atoms with van der Waals surface area (Å²) in [6.45, 7) is 3.26. The number of amides is 1. The van der Waals surface area contributed by atoms with Crippen LogP contribution in [0.2, 0.25) is 0 Å². The average molecular weight is 282 g/mol. The molecule has 0 radical (unpaired) electrons. The maximum absolute atomic E-state index is 12.3. The van der Waals surface area contributed by atoms with Crippen molar-refractivity contribution in [1.82, 2.24) is 10.3 Å². The molecule has 0 aliphatic heterocycles. The van der Waals surface area contributed by atoms with Crippen LogP contribution in [0.3, 0.4) is 0 Å². The highest BCUT2D eigenvalue weighted by molar-refractivity contribution is 6.25. The zero-order valence-corrected chi connectivity index (χ0v) is 11.7. The third kappa shape index (κ3) is 2.52. The summed E-state index contributed by atoms with van der Waals surface area (Å²) in [5, 5.41) is 2.31. The normalized spacial score (nSPS) is 10.8. The molecule has 1 aromatic heterocycles. The van der Waals surface area contributed by atoms with Crippen molar-refractivity contribution in [2.45, 2.75) is 19.3 Å². The van der Waals surface area contributed by atoms with Crippen molar-refractivity contribution in [2.75, 3.05) is 20.3 Å². The summed E-state index contributed by atoms with van der Waals surface area (Å²) in [6.07, 6.45) is 1.51. The van der Waals surface area contributed by atoms with Gasteiger partial charge in [-0.1, -0.05) is 0 Å². The van der Waals surface area contributed by atoms with Gasteiger partial charge in [0.25, 0.3) is 11.3 Å². The maximum atomic E-state index is 12.3. The first-order valence-corrected chi connectivity index (χ1v) is 6.26. The SMILES string of the molecule is CCOC(=O)C(C(=O)NC)(C(=O)OCC)c1ccc[nH]1. The molecule has 0 aliphatic carbocycles. The molecule has 1 amide bonds. The molecule has 0 aliphatic rings. The van der Waals surface area contributed by atoms with E-state index in [1.807, 2.05) is 0 Å². The van der Waals surface area contributed by atoms with E-state index < -0.39 is 23.3 Å². The minimum absolute atomic E-state index is 0.0394. The van der Waals surface area contributed by atoms with Gasteiger partial charge in [-0.2, -0.15) is 0 Å². The molecule has 7 heteroatoms. The molecule has 7 nitrogen and oxygen atoms in total. The van der Waals surface area contributed by atoms with Crippen LogP contribution in [-0.4, -0.2) is 43.1 Å². The van der Waals surface area contributed by atoms with Crippen molar-refractivity contribution in [1.29, 1.82) is 0 Å². The zero-order valence-electron chi connectivity index (χ0n) is 11.7. The quantitative estimate of drug-likeness (QED) is 0.570. The number of H-pyrrole nitrogens is 1. The number of aromatic nitrogens is 1. The predicted octanol–water partition coefficient (Wildman–Crippen LogP) is 0.125. The molecule has 0 spiro atoms. The van der Waals surface area contributed by atoms with Gasteiger partial charge in [-0.3, -0.25) is 4.79 Å². The second kappa shape index (κ2) is 6.74. The van der Waals surface area contributed by atoms with Crippen molar-refractivity contribution in [3.8, 4) is 0 Å². The van der Waals surface area contributed by atoms with Crippen LogP contribution in [0.4, 0.5) is 0 Å². The molecule has 2 N–H and O–H groups in total. The van der Waals surface area contributed by atoms with Gasteiger partial charge in [0.15, 0.2) is 0 Å². The number of nitrogens with one attached hydrogen (secondary N) is 2. The van der Waals surface area contributed by atoms with E-state index in [0.717, 1.165) is 0 Å². The van der Waals surface area contributed by atoms with Crippen LogP contribution in [0.1, 0.15) is 19.5 Å². The standard InChI is InChI=1S/C13H18N2O5/c1-4-19-11(17)13(10(16)14-3,12(18)20-5-2)9-7-6-8-15-9/h6-8,15H,4-5H2,1-3H3,(H,14,16). The first kappa shape index (κ1) is 15.7. The van der Waals surface area contributed by atoms with Crippen molar-refractivity contribution in [3.05, 3.63) is 24.0 Å². The van der Waals surface area contributed by atoms with Crippen LogP contribution in [-0.2, 0) is 29.3 Å². The molecule has 0 fully saturated rings. The topological polar surface area (TPSA) is 97.5 Å². The van der Waals surface area contributed by atoms with Crippen LogP contribution in [0.25, 0.3) is 0 Å². The van der Waals surface area contributed by atoms with Crippen molar-refractivity contribution in [3.63, 3.8) is 0 Å². The monoisotopic (exact) mass is 282 g/mol. The van der Waals surface area contributed by atoms with E-state index in [4.69, 9.17) is 9.47 Å². The number of carbonyl (C=O) groups is 3. The second-order valence-electron chi connectivity index (χ2n) is 3.85. The second-order valence-corrected chi connectivity index (χ2v) is 3.85. The smallest absolute Gasteiger partial charge is 0.339 e. The Bertz CT molecular complexity index is 463. The number of hydrogen-bond donors (Lipinski definition) is 2. The van der Waals surface area contributed by atoms with E-state index >= 15 is 0 Å².